The van der Waals surface area contributed by atoms with Crippen LogP contribution in [0.1, 0.15) is 6.92 Å². The van der Waals surface area contributed by atoms with Crippen LogP contribution < -0.4 is 5.09 Å². The van der Waals surface area contributed by atoms with E-state index in [1.54, 1.807) is 6.92 Å². The Balaban J connectivity index is 4.04. The second-order valence-electron chi connectivity index (χ2n) is 1.81. The molecule has 12 heavy (non-hydrogen) atoms. The van der Waals surface area contributed by atoms with Crippen LogP contribution in [-0.2, 0) is 13.6 Å². The van der Waals surface area contributed by atoms with E-state index in [2.05, 4.69) is 25.5 Å². The van der Waals surface area contributed by atoms with Gasteiger partial charge in [-0.1, -0.05) is 15.9 Å². The molecule has 0 fully saturated rings. The standard InChI is InChI=1S/C5H12BrFNO3P/c1-3-10-12(9,8-2)11-5(7)4-6/h5H,3-4H2,1-2H3,(H,8,9). The van der Waals surface area contributed by atoms with Gasteiger partial charge in [0.05, 0.1) is 11.9 Å². The zero-order chi connectivity index (χ0) is 9.61. The Morgan fingerprint density at radius 2 is 2.33 bits per heavy atom. The SMILES string of the molecule is CCOP(=O)(NC)OC(F)CBr. The van der Waals surface area contributed by atoms with Gasteiger partial charge in [0.1, 0.15) is 0 Å². The highest BCUT2D eigenvalue weighted by molar-refractivity contribution is 9.09. The molecule has 7 heteroatoms. The van der Waals surface area contributed by atoms with Gasteiger partial charge in [-0.25, -0.2) is 14.0 Å². The van der Waals surface area contributed by atoms with Gasteiger partial charge in [-0.3, -0.25) is 9.05 Å². The molecule has 0 spiro atoms. The molecule has 1 N–H and O–H groups in total. The first-order chi connectivity index (χ1) is 5.58. The molecule has 0 aromatic carbocycles. The third-order valence-electron chi connectivity index (χ3n) is 0.947. The number of nitrogens with one attached hydrogen (secondary N) is 1. The van der Waals surface area contributed by atoms with Crippen molar-refractivity contribution < 1.29 is 18.0 Å². The van der Waals surface area contributed by atoms with Crippen molar-refractivity contribution in [1.82, 2.24) is 5.09 Å². The lowest BCUT2D eigenvalue weighted by Crippen LogP contribution is -2.15. The fourth-order valence-corrected chi connectivity index (χ4v) is 1.84. The molecule has 0 aliphatic heterocycles. The van der Waals surface area contributed by atoms with Crippen LogP contribution in [0.2, 0.25) is 0 Å². The van der Waals surface area contributed by atoms with Gasteiger partial charge in [-0.2, -0.15) is 0 Å². The van der Waals surface area contributed by atoms with Crippen molar-refractivity contribution in [1.29, 1.82) is 0 Å². The van der Waals surface area contributed by atoms with Crippen LogP contribution in [0.15, 0.2) is 0 Å². The predicted molar refractivity (Wildman–Crippen MR) is 48.1 cm³/mol. The summed E-state index contributed by atoms with van der Waals surface area (Å²) in [5.41, 5.74) is 0. The minimum absolute atomic E-state index is 0.0360. The van der Waals surface area contributed by atoms with Crippen LogP contribution in [0.3, 0.4) is 0 Å². The van der Waals surface area contributed by atoms with Gasteiger partial charge in [0.15, 0.2) is 0 Å². The third-order valence-corrected chi connectivity index (χ3v) is 3.11. The quantitative estimate of drug-likeness (QED) is 0.589. The molecule has 2 atom stereocenters. The molecule has 0 aromatic heterocycles. The maximum atomic E-state index is 12.6. The summed E-state index contributed by atoms with van der Waals surface area (Å²) in [4.78, 5) is 0. The summed E-state index contributed by atoms with van der Waals surface area (Å²) in [7, 11) is -2.04. The molecule has 4 nitrogen and oxygen atoms in total. The first-order valence-electron chi connectivity index (χ1n) is 3.40. The Morgan fingerprint density at radius 3 is 2.67 bits per heavy atom. The van der Waals surface area contributed by atoms with Crippen LogP contribution in [0.4, 0.5) is 4.39 Å². The highest BCUT2D eigenvalue weighted by Gasteiger charge is 2.25. The van der Waals surface area contributed by atoms with E-state index in [1.807, 2.05) is 0 Å². The van der Waals surface area contributed by atoms with Crippen LogP contribution >= 0.6 is 23.7 Å². The van der Waals surface area contributed by atoms with Gasteiger partial charge in [-0.05, 0) is 14.0 Å². The normalized spacial score (nSPS) is 18.7. The van der Waals surface area contributed by atoms with E-state index in [9.17, 15) is 8.96 Å². The van der Waals surface area contributed by atoms with Crippen molar-refractivity contribution in [2.45, 2.75) is 13.3 Å². The van der Waals surface area contributed by atoms with E-state index in [4.69, 9.17) is 4.52 Å². The van der Waals surface area contributed by atoms with Crippen molar-refractivity contribution in [3.05, 3.63) is 0 Å². The summed E-state index contributed by atoms with van der Waals surface area (Å²) in [6.07, 6.45) is -1.63. The van der Waals surface area contributed by atoms with Crippen molar-refractivity contribution in [3.63, 3.8) is 0 Å². The second-order valence-corrected chi connectivity index (χ2v) is 4.37. The summed E-state index contributed by atoms with van der Waals surface area (Å²) in [5.74, 6) is 0. The van der Waals surface area contributed by atoms with Crippen molar-refractivity contribution in [2.75, 3.05) is 19.0 Å². The van der Waals surface area contributed by atoms with Gasteiger partial charge in [0, 0.05) is 0 Å². The first kappa shape index (κ1) is 12.5. The summed E-state index contributed by atoms with van der Waals surface area (Å²) >= 11 is 2.84. The van der Waals surface area contributed by atoms with E-state index >= 15 is 0 Å². The maximum absolute atomic E-state index is 12.6. The molecular formula is C5H12BrFNO3P. The van der Waals surface area contributed by atoms with E-state index in [0.29, 0.717) is 0 Å². The minimum Gasteiger partial charge on any atom is -0.297 e. The number of hydrogen-bond donors (Lipinski definition) is 1. The van der Waals surface area contributed by atoms with Gasteiger partial charge in [0.25, 0.3) is 0 Å². The predicted octanol–water partition coefficient (Wildman–Crippen LogP) is 2.06. The summed E-state index contributed by atoms with van der Waals surface area (Å²) in [6.45, 7) is 1.85. The van der Waals surface area contributed by atoms with Crippen molar-refractivity contribution in [2.24, 2.45) is 0 Å². The number of halogens is 2. The fraction of sp³-hybridized carbons (Fsp3) is 1.00. The van der Waals surface area contributed by atoms with Gasteiger partial charge in [-0.15, -0.1) is 0 Å². The minimum atomic E-state index is -3.43. The Hall–Kier alpha value is 0.520. The Kier molecular flexibility index (Phi) is 6.31. The number of hydrogen-bond acceptors (Lipinski definition) is 3. The topological polar surface area (TPSA) is 47.6 Å². The Bertz CT molecular complexity index is 171. The molecule has 2 unspecified atom stereocenters. The molecule has 0 amide bonds. The van der Waals surface area contributed by atoms with Crippen LogP contribution in [0.5, 0.6) is 0 Å². The van der Waals surface area contributed by atoms with E-state index in [0.717, 1.165) is 0 Å². The molecule has 0 aliphatic carbocycles. The van der Waals surface area contributed by atoms with Crippen molar-refractivity contribution in [3.8, 4) is 0 Å². The summed E-state index contributed by atoms with van der Waals surface area (Å²) in [6, 6.07) is 0. The number of rotatable bonds is 6. The van der Waals surface area contributed by atoms with E-state index in [1.165, 1.54) is 7.05 Å². The largest absolute Gasteiger partial charge is 0.407 e. The fourth-order valence-electron chi connectivity index (χ4n) is 0.496. The lowest BCUT2D eigenvalue weighted by atomic mass is 10.8. The highest BCUT2D eigenvalue weighted by atomic mass is 79.9. The lowest BCUT2D eigenvalue weighted by Gasteiger charge is -2.17. The first-order valence-corrected chi connectivity index (χ1v) is 6.06. The Labute approximate surface area is 79.5 Å². The van der Waals surface area contributed by atoms with Gasteiger partial charge < -0.3 is 0 Å². The molecule has 0 heterocycles. The zero-order valence-corrected chi connectivity index (χ0v) is 9.40. The molecule has 0 radical (unpaired) electrons. The average molecular weight is 264 g/mol. The summed E-state index contributed by atoms with van der Waals surface area (Å²) in [5, 5.41) is 2.26. The van der Waals surface area contributed by atoms with Gasteiger partial charge >= 0.3 is 7.75 Å². The lowest BCUT2D eigenvalue weighted by molar-refractivity contribution is 0.0650. The molecule has 0 aliphatic rings. The monoisotopic (exact) mass is 263 g/mol. The molecule has 0 bridgehead atoms. The number of alkyl halides is 2. The maximum Gasteiger partial charge on any atom is 0.407 e. The molecule has 0 aromatic rings. The summed E-state index contributed by atoms with van der Waals surface area (Å²) < 4.78 is 33.1. The highest BCUT2D eigenvalue weighted by Crippen LogP contribution is 2.44. The molecule has 0 saturated carbocycles. The van der Waals surface area contributed by atoms with Gasteiger partial charge in [0.2, 0.25) is 6.36 Å². The van der Waals surface area contributed by atoms with Crippen LogP contribution in [0.25, 0.3) is 0 Å². The molecule has 74 valence electrons. The van der Waals surface area contributed by atoms with Crippen molar-refractivity contribution >= 4 is 23.7 Å². The molecular weight excluding hydrogens is 252 g/mol. The second kappa shape index (κ2) is 6.05. The molecule has 0 rings (SSSR count). The van der Waals surface area contributed by atoms with Crippen LogP contribution in [0, 0.1) is 0 Å². The zero-order valence-electron chi connectivity index (χ0n) is 6.92. The van der Waals surface area contributed by atoms with Crippen LogP contribution in [-0.4, -0.2) is 25.3 Å². The van der Waals surface area contributed by atoms with E-state index in [-0.39, 0.29) is 11.9 Å². The average Bonchev–Trinajstić information content (AvgIpc) is 2.05. The van der Waals surface area contributed by atoms with E-state index < -0.39 is 14.1 Å². The Morgan fingerprint density at radius 1 is 1.75 bits per heavy atom. The molecule has 0 saturated heterocycles. The third kappa shape index (κ3) is 4.52. The smallest absolute Gasteiger partial charge is 0.297 e.